The van der Waals surface area contributed by atoms with Gasteiger partial charge in [0.2, 0.25) is 0 Å². The molecule has 1 N–H and O–H groups in total. The first-order valence-corrected chi connectivity index (χ1v) is 6.72. The first-order valence-electron chi connectivity index (χ1n) is 4.74. The van der Waals surface area contributed by atoms with Gasteiger partial charge in [-0.2, -0.15) is 26.3 Å². The zero-order valence-corrected chi connectivity index (χ0v) is 12.3. The molecule has 1 heterocycles. The third kappa shape index (κ3) is 3.99. The van der Waals surface area contributed by atoms with Crippen LogP contribution in [0.1, 0.15) is 10.9 Å². The van der Waals surface area contributed by atoms with E-state index < -0.39 is 24.3 Å². The molecule has 0 fully saturated rings. The Morgan fingerprint density at radius 3 is 1.95 bits per heavy atom. The van der Waals surface area contributed by atoms with Gasteiger partial charge >= 0.3 is 12.4 Å². The third-order valence-electron chi connectivity index (χ3n) is 2.32. The van der Waals surface area contributed by atoms with Crippen molar-refractivity contribution in [2.24, 2.45) is 5.92 Å². The Morgan fingerprint density at radius 1 is 1.21 bits per heavy atom. The summed E-state index contributed by atoms with van der Waals surface area (Å²) in [4.78, 5) is -0.140. The topological polar surface area (TPSA) is 12.0 Å². The van der Waals surface area contributed by atoms with Gasteiger partial charge in [0.1, 0.15) is 0 Å². The summed E-state index contributed by atoms with van der Waals surface area (Å²) >= 11 is 9.33. The maximum absolute atomic E-state index is 12.6. The Labute approximate surface area is 122 Å². The quantitative estimate of drug-likeness (QED) is 0.703. The van der Waals surface area contributed by atoms with Gasteiger partial charge in [-0.25, -0.2) is 0 Å². The predicted molar refractivity (Wildman–Crippen MR) is 64.4 cm³/mol. The van der Waals surface area contributed by atoms with Gasteiger partial charge < -0.3 is 5.32 Å². The minimum absolute atomic E-state index is 0.0725. The maximum Gasteiger partial charge on any atom is 0.402 e. The van der Waals surface area contributed by atoms with Crippen LogP contribution in [0.3, 0.4) is 0 Å². The van der Waals surface area contributed by atoms with Crippen LogP contribution in [0.25, 0.3) is 0 Å². The first-order chi connectivity index (χ1) is 8.48. The molecule has 0 radical (unpaired) electrons. The number of rotatable bonds is 3. The van der Waals surface area contributed by atoms with E-state index in [1.807, 2.05) is 0 Å². The molecule has 1 aromatic rings. The second kappa shape index (κ2) is 5.79. The Hall–Kier alpha value is 0.01000. The van der Waals surface area contributed by atoms with Gasteiger partial charge in [0.15, 0.2) is 5.92 Å². The molecule has 1 unspecified atom stereocenters. The van der Waals surface area contributed by atoms with Crippen LogP contribution in [0.2, 0.25) is 5.02 Å². The van der Waals surface area contributed by atoms with Crippen LogP contribution in [0.5, 0.6) is 0 Å². The summed E-state index contributed by atoms with van der Waals surface area (Å²) in [6.45, 7) is 0. The lowest BCUT2D eigenvalue weighted by Crippen LogP contribution is -2.44. The molecule has 1 atom stereocenters. The summed E-state index contributed by atoms with van der Waals surface area (Å²) in [6, 6.07) is -0.851. The van der Waals surface area contributed by atoms with Crippen molar-refractivity contribution in [1.82, 2.24) is 5.32 Å². The fraction of sp³-hybridized carbons (Fsp3) is 0.556. The standard InChI is InChI=1S/C9H7BrClF6NS/c1-18-5(4-2-3(11)7(10)19-4)6(8(12,13)14)9(15,16)17/h2,5-6,18H,1H3. The molecule has 10 heteroatoms. The molecule has 1 rings (SSSR count). The number of nitrogens with one attached hydrogen (secondary N) is 1. The lowest BCUT2D eigenvalue weighted by atomic mass is 9.97. The fourth-order valence-electron chi connectivity index (χ4n) is 1.55. The highest BCUT2D eigenvalue weighted by Gasteiger charge is 2.60. The number of halogens is 8. The number of thiophene rings is 1. The van der Waals surface area contributed by atoms with Crippen molar-refractivity contribution in [2.75, 3.05) is 7.05 Å². The van der Waals surface area contributed by atoms with Gasteiger partial charge in [-0.1, -0.05) is 11.6 Å². The Bertz CT molecular complexity index is 409. The highest BCUT2D eigenvalue weighted by molar-refractivity contribution is 9.11. The second-order valence-electron chi connectivity index (χ2n) is 3.60. The van der Waals surface area contributed by atoms with E-state index in [4.69, 9.17) is 11.6 Å². The molecule has 1 nitrogen and oxygen atoms in total. The molecule has 110 valence electrons. The number of hydrogen-bond acceptors (Lipinski definition) is 2. The molecule has 0 aromatic carbocycles. The highest BCUT2D eigenvalue weighted by atomic mass is 79.9. The number of hydrogen-bond donors (Lipinski definition) is 1. The summed E-state index contributed by atoms with van der Waals surface area (Å²) in [5, 5.41) is 2.14. The van der Waals surface area contributed by atoms with Crippen molar-refractivity contribution in [2.45, 2.75) is 18.4 Å². The van der Waals surface area contributed by atoms with Crippen molar-refractivity contribution in [3.8, 4) is 0 Å². The maximum atomic E-state index is 12.6. The van der Waals surface area contributed by atoms with E-state index in [1.165, 1.54) is 0 Å². The monoisotopic (exact) mass is 389 g/mol. The summed E-state index contributed by atoms with van der Waals surface area (Å²) in [7, 11) is 1.04. The van der Waals surface area contributed by atoms with Crippen molar-refractivity contribution in [3.05, 3.63) is 19.8 Å². The van der Waals surface area contributed by atoms with Gasteiger partial charge in [-0.05, 0) is 29.0 Å². The summed E-state index contributed by atoms with van der Waals surface area (Å²) in [5.41, 5.74) is 0. The molecule has 1 aromatic heterocycles. The molecule has 0 aliphatic rings. The van der Waals surface area contributed by atoms with Crippen LogP contribution < -0.4 is 5.32 Å². The van der Waals surface area contributed by atoms with Crippen molar-refractivity contribution in [3.63, 3.8) is 0 Å². The zero-order valence-electron chi connectivity index (χ0n) is 9.16. The minimum Gasteiger partial charge on any atom is -0.312 e. The fourth-order valence-corrected chi connectivity index (χ4v) is 3.45. The van der Waals surface area contributed by atoms with Crippen molar-refractivity contribution < 1.29 is 26.3 Å². The van der Waals surface area contributed by atoms with Crippen molar-refractivity contribution >= 4 is 38.9 Å². The second-order valence-corrected chi connectivity index (χ2v) is 6.41. The van der Waals surface area contributed by atoms with E-state index in [9.17, 15) is 26.3 Å². The smallest absolute Gasteiger partial charge is 0.312 e. The molecule has 19 heavy (non-hydrogen) atoms. The SMILES string of the molecule is CNC(c1cc(Cl)c(Br)s1)C(C(F)(F)F)C(F)(F)F. The van der Waals surface area contributed by atoms with Crippen LogP contribution in [0, 0.1) is 5.92 Å². The van der Waals surface area contributed by atoms with Crippen LogP contribution in [0.15, 0.2) is 9.85 Å². The lowest BCUT2D eigenvalue weighted by Gasteiger charge is -2.29. The van der Waals surface area contributed by atoms with Crippen LogP contribution in [0.4, 0.5) is 26.3 Å². The van der Waals surface area contributed by atoms with E-state index in [-0.39, 0.29) is 13.7 Å². The first kappa shape index (κ1) is 17.1. The lowest BCUT2D eigenvalue weighted by molar-refractivity contribution is -0.292. The molecular weight excluding hydrogens is 384 g/mol. The van der Waals surface area contributed by atoms with E-state index in [0.717, 1.165) is 24.5 Å². The molecule has 0 saturated heterocycles. The van der Waals surface area contributed by atoms with E-state index in [1.54, 1.807) is 0 Å². The average Bonchev–Trinajstić information content (AvgIpc) is 2.51. The van der Waals surface area contributed by atoms with Gasteiger partial charge in [-0.3, -0.25) is 0 Å². The molecule has 0 aliphatic heterocycles. The Morgan fingerprint density at radius 2 is 1.68 bits per heavy atom. The highest BCUT2D eigenvalue weighted by Crippen LogP contribution is 2.48. The van der Waals surface area contributed by atoms with Crippen LogP contribution in [-0.2, 0) is 0 Å². The predicted octanol–water partition coefficient (Wildman–Crippen LogP) is 5.17. The number of alkyl halides is 6. The van der Waals surface area contributed by atoms with E-state index >= 15 is 0 Å². The van der Waals surface area contributed by atoms with E-state index in [2.05, 4.69) is 21.2 Å². The largest absolute Gasteiger partial charge is 0.402 e. The molecule has 0 amide bonds. The molecule has 0 saturated carbocycles. The van der Waals surface area contributed by atoms with Crippen molar-refractivity contribution in [1.29, 1.82) is 0 Å². The van der Waals surface area contributed by atoms with Crippen LogP contribution in [-0.4, -0.2) is 19.4 Å². The van der Waals surface area contributed by atoms with Crippen LogP contribution >= 0.6 is 38.9 Å². The van der Waals surface area contributed by atoms with Gasteiger partial charge in [0, 0.05) is 4.88 Å². The average molecular weight is 391 g/mol. The normalized spacial score (nSPS) is 15.1. The molecule has 0 spiro atoms. The Balaban J connectivity index is 3.25. The molecule has 0 bridgehead atoms. The molecular formula is C9H7BrClF6NS. The zero-order chi connectivity index (χ0) is 15.0. The third-order valence-corrected chi connectivity index (χ3v) is 4.88. The van der Waals surface area contributed by atoms with Gasteiger partial charge in [0.25, 0.3) is 0 Å². The van der Waals surface area contributed by atoms with E-state index in [0.29, 0.717) is 0 Å². The summed E-state index contributed by atoms with van der Waals surface area (Å²) in [5.74, 6) is -3.49. The minimum atomic E-state index is -5.41. The Kier molecular flexibility index (Phi) is 5.20. The van der Waals surface area contributed by atoms with Gasteiger partial charge in [0.05, 0.1) is 14.9 Å². The summed E-state index contributed by atoms with van der Waals surface area (Å²) in [6.07, 6.45) is -10.8. The van der Waals surface area contributed by atoms with Gasteiger partial charge in [-0.15, -0.1) is 11.3 Å². The molecule has 0 aliphatic carbocycles. The summed E-state index contributed by atoms with van der Waals surface area (Å²) < 4.78 is 76.2.